The van der Waals surface area contributed by atoms with Crippen LogP contribution in [0.1, 0.15) is 48.0 Å². The van der Waals surface area contributed by atoms with Gasteiger partial charge in [0.15, 0.2) is 0 Å². The summed E-state index contributed by atoms with van der Waals surface area (Å²) < 4.78 is 9.08. The van der Waals surface area contributed by atoms with Gasteiger partial charge in [0.2, 0.25) is 0 Å². The van der Waals surface area contributed by atoms with Crippen molar-refractivity contribution < 1.29 is 19.1 Å². The van der Waals surface area contributed by atoms with Crippen molar-refractivity contribution in [3.8, 4) is 0 Å². The van der Waals surface area contributed by atoms with Gasteiger partial charge in [-0.25, -0.2) is 4.79 Å². The molecule has 0 aromatic rings. The molecular formula is C14H27NO4. The van der Waals surface area contributed by atoms with Crippen LogP contribution in [0.5, 0.6) is 0 Å². The first-order chi connectivity index (χ1) is 8.80. The van der Waals surface area contributed by atoms with Crippen molar-refractivity contribution in [2.75, 3.05) is 7.11 Å². The standard InChI is InChI=1S/C7H11NO2.C5H10O2.C2H6/c1-5-3-6(4-8-5)7(9)10-2;1-5(2,3)7-4-6;1-2/h4-5,8H,3H2,1-2H3;4H,1-3H3;1-2H3. The molecule has 1 unspecified atom stereocenters. The molecule has 1 rings (SSSR count). The van der Waals surface area contributed by atoms with E-state index in [1.807, 2.05) is 41.5 Å². The Labute approximate surface area is 116 Å². The average Bonchev–Trinajstić information content (AvgIpc) is 2.77. The minimum absolute atomic E-state index is 0.225. The van der Waals surface area contributed by atoms with Crippen molar-refractivity contribution in [1.82, 2.24) is 5.32 Å². The van der Waals surface area contributed by atoms with Crippen LogP contribution >= 0.6 is 0 Å². The van der Waals surface area contributed by atoms with Gasteiger partial charge in [-0.1, -0.05) is 13.8 Å². The van der Waals surface area contributed by atoms with Crippen LogP contribution in [0.2, 0.25) is 0 Å². The number of carbonyl (C=O) groups is 2. The van der Waals surface area contributed by atoms with Crippen LogP contribution < -0.4 is 5.32 Å². The SMILES string of the molecule is CC.CC(C)(C)OC=O.COC(=O)C1=CNC(C)C1. The maximum atomic E-state index is 10.8. The molecule has 1 heterocycles. The van der Waals surface area contributed by atoms with Crippen LogP contribution in [-0.4, -0.2) is 31.2 Å². The van der Waals surface area contributed by atoms with Crippen molar-refractivity contribution in [3.63, 3.8) is 0 Å². The second-order valence-corrected chi connectivity index (χ2v) is 4.76. The molecule has 0 bridgehead atoms. The van der Waals surface area contributed by atoms with E-state index in [2.05, 4.69) is 14.8 Å². The average molecular weight is 273 g/mol. The van der Waals surface area contributed by atoms with Crippen LogP contribution in [0.3, 0.4) is 0 Å². The number of carbonyl (C=O) groups excluding carboxylic acids is 2. The van der Waals surface area contributed by atoms with Gasteiger partial charge < -0.3 is 14.8 Å². The first-order valence-corrected chi connectivity index (χ1v) is 6.45. The highest BCUT2D eigenvalue weighted by Crippen LogP contribution is 2.12. The molecule has 112 valence electrons. The van der Waals surface area contributed by atoms with E-state index in [0.29, 0.717) is 12.5 Å². The zero-order chi connectivity index (χ0) is 15.5. The predicted octanol–water partition coefficient (Wildman–Crippen LogP) is 2.41. The molecule has 1 atom stereocenters. The van der Waals surface area contributed by atoms with Gasteiger partial charge in [-0.2, -0.15) is 0 Å². The van der Waals surface area contributed by atoms with E-state index in [4.69, 9.17) is 0 Å². The summed E-state index contributed by atoms with van der Waals surface area (Å²) >= 11 is 0. The summed E-state index contributed by atoms with van der Waals surface area (Å²) in [4.78, 5) is 20.4. The summed E-state index contributed by atoms with van der Waals surface area (Å²) in [6, 6.07) is 0.370. The Bertz CT molecular complexity index is 292. The molecule has 1 aliphatic heterocycles. The molecule has 5 nitrogen and oxygen atoms in total. The van der Waals surface area contributed by atoms with Crippen molar-refractivity contribution in [2.45, 2.75) is 59.6 Å². The third-order valence-corrected chi connectivity index (χ3v) is 1.92. The van der Waals surface area contributed by atoms with E-state index >= 15 is 0 Å². The van der Waals surface area contributed by atoms with Crippen LogP contribution in [0, 0.1) is 0 Å². The molecule has 0 aliphatic carbocycles. The Morgan fingerprint density at radius 3 is 2.16 bits per heavy atom. The van der Waals surface area contributed by atoms with Gasteiger partial charge >= 0.3 is 5.97 Å². The Kier molecular flexibility index (Phi) is 10.9. The second kappa shape index (κ2) is 10.4. The minimum Gasteiger partial charge on any atom is -0.466 e. The lowest BCUT2D eigenvalue weighted by Crippen LogP contribution is -2.17. The highest BCUT2D eigenvalue weighted by molar-refractivity contribution is 5.88. The molecule has 0 fully saturated rings. The third-order valence-electron chi connectivity index (χ3n) is 1.92. The van der Waals surface area contributed by atoms with Gasteiger partial charge in [-0.05, 0) is 27.7 Å². The Hall–Kier alpha value is -1.52. The van der Waals surface area contributed by atoms with E-state index < -0.39 is 0 Å². The summed E-state index contributed by atoms with van der Waals surface area (Å²) in [7, 11) is 1.40. The third kappa shape index (κ3) is 11.3. The fourth-order valence-corrected chi connectivity index (χ4v) is 1.11. The summed E-state index contributed by atoms with van der Waals surface area (Å²) in [5, 5.41) is 3.02. The van der Waals surface area contributed by atoms with E-state index in [1.54, 1.807) is 6.20 Å². The number of methoxy groups -OCH3 is 1. The fourth-order valence-electron chi connectivity index (χ4n) is 1.11. The molecule has 0 spiro atoms. The number of hydrogen-bond acceptors (Lipinski definition) is 5. The molecule has 0 radical (unpaired) electrons. The summed E-state index contributed by atoms with van der Waals surface area (Å²) in [5.41, 5.74) is 0.414. The molecule has 0 amide bonds. The number of esters is 1. The minimum atomic E-state index is -0.318. The first-order valence-electron chi connectivity index (χ1n) is 6.45. The largest absolute Gasteiger partial charge is 0.466 e. The van der Waals surface area contributed by atoms with Gasteiger partial charge in [0.25, 0.3) is 6.47 Å². The van der Waals surface area contributed by atoms with Crippen LogP contribution in [0.15, 0.2) is 11.8 Å². The quantitative estimate of drug-likeness (QED) is 0.618. The zero-order valence-corrected chi connectivity index (χ0v) is 13.1. The number of hydrogen-bond donors (Lipinski definition) is 1. The highest BCUT2D eigenvalue weighted by atomic mass is 16.5. The number of nitrogens with one attached hydrogen (secondary N) is 1. The van der Waals surface area contributed by atoms with Crippen LogP contribution in [-0.2, 0) is 19.1 Å². The van der Waals surface area contributed by atoms with Gasteiger partial charge in [-0.15, -0.1) is 0 Å². The first kappa shape index (κ1) is 19.8. The maximum absolute atomic E-state index is 10.8. The smallest absolute Gasteiger partial charge is 0.335 e. The topological polar surface area (TPSA) is 64.6 Å². The van der Waals surface area contributed by atoms with E-state index in [9.17, 15) is 9.59 Å². The van der Waals surface area contributed by atoms with Crippen molar-refractivity contribution >= 4 is 12.4 Å². The predicted molar refractivity (Wildman–Crippen MR) is 75.6 cm³/mol. The maximum Gasteiger partial charge on any atom is 0.335 e. The molecule has 1 N–H and O–H groups in total. The number of rotatable bonds is 2. The molecule has 0 saturated heterocycles. The molecule has 0 saturated carbocycles. The van der Waals surface area contributed by atoms with E-state index in [1.165, 1.54) is 7.11 Å². The Morgan fingerprint density at radius 2 is 1.95 bits per heavy atom. The molecule has 1 aliphatic rings. The molecular weight excluding hydrogens is 246 g/mol. The Balaban J connectivity index is 0. The summed E-state index contributed by atoms with van der Waals surface area (Å²) in [6.07, 6.45) is 2.49. The zero-order valence-electron chi connectivity index (χ0n) is 13.1. The normalized spacial score (nSPS) is 16.6. The van der Waals surface area contributed by atoms with Gasteiger partial charge in [-0.3, -0.25) is 4.79 Å². The van der Waals surface area contributed by atoms with Crippen molar-refractivity contribution in [2.24, 2.45) is 0 Å². The highest BCUT2D eigenvalue weighted by Gasteiger charge is 2.17. The van der Waals surface area contributed by atoms with Gasteiger partial charge in [0.05, 0.1) is 12.7 Å². The molecule has 5 heteroatoms. The lowest BCUT2D eigenvalue weighted by molar-refractivity contribution is -0.139. The second-order valence-electron chi connectivity index (χ2n) is 4.76. The van der Waals surface area contributed by atoms with Gasteiger partial charge in [0, 0.05) is 18.7 Å². The number of ether oxygens (including phenoxy) is 2. The van der Waals surface area contributed by atoms with Crippen molar-refractivity contribution in [3.05, 3.63) is 11.8 Å². The lowest BCUT2D eigenvalue weighted by Gasteiger charge is -2.14. The monoisotopic (exact) mass is 273 g/mol. The fraction of sp³-hybridized carbons (Fsp3) is 0.714. The van der Waals surface area contributed by atoms with Crippen LogP contribution in [0.4, 0.5) is 0 Å². The summed E-state index contributed by atoms with van der Waals surface area (Å²) in [6.45, 7) is 11.9. The van der Waals surface area contributed by atoms with E-state index in [-0.39, 0.29) is 11.6 Å². The van der Waals surface area contributed by atoms with E-state index in [0.717, 1.165) is 12.0 Å². The summed E-state index contributed by atoms with van der Waals surface area (Å²) in [5.74, 6) is -0.225. The van der Waals surface area contributed by atoms with Gasteiger partial charge in [0.1, 0.15) is 5.60 Å². The molecule has 19 heavy (non-hydrogen) atoms. The lowest BCUT2D eigenvalue weighted by atomic mass is 10.2. The molecule has 0 aromatic heterocycles. The van der Waals surface area contributed by atoms with Crippen LogP contribution in [0.25, 0.3) is 0 Å². The Morgan fingerprint density at radius 1 is 1.42 bits per heavy atom. The molecule has 0 aromatic carbocycles. The van der Waals surface area contributed by atoms with Crippen molar-refractivity contribution in [1.29, 1.82) is 0 Å².